The predicted octanol–water partition coefficient (Wildman–Crippen LogP) is 1.59. The molecular formula is C10H19N2. The maximum atomic E-state index is 4.73. The lowest BCUT2D eigenvalue weighted by Crippen LogP contribution is -2.39. The van der Waals surface area contributed by atoms with Gasteiger partial charge in [-0.25, -0.2) is 5.32 Å². The summed E-state index contributed by atoms with van der Waals surface area (Å²) < 4.78 is 0. The largest absolute Gasteiger partial charge is 0.287 e. The van der Waals surface area contributed by atoms with Crippen molar-refractivity contribution in [3.63, 3.8) is 0 Å². The highest BCUT2D eigenvalue weighted by molar-refractivity contribution is 4.76. The first kappa shape index (κ1) is 8.52. The summed E-state index contributed by atoms with van der Waals surface area (Å²) in [4.78, 5) is 2.57. The second-order valence-corrected chi connectivity index (χ2v) is 3.98. The monoisotopic (exact) mass is 167 g/mol. The summed E-state index contributed by atoms with van der Waals surface area (Å²) in [6.45, 7) is 3.71. The second-order valence-electron chi connectivity index (χ2n) is 3.98. The summed E-state index contributed by atoms with van der Waals surface area (Å²) in [6.07, 6.45) is 8.82. The molecule has 2 rings (SSSR count). The van der Waals surface area contributed by atoms with Crippen LogP contribution < -0.4 is 5.32 Å². The van der Waals surface area contributed by atoms with E-state index in [9.17, 15) is 0 Å². The minimum atomic E-state index is 0.593. The maximum absolute atomic E-state index is 4.73. The van der Waals surface area contributed by atoms with Crippen LogP contribution in [0.1, 0.15) is 38.5 Å². The first-order chi connectivity index (χ1) is 5.97. The van der Waals surface area contributed by atoms with Crippen LogP contribution in [0.15, 0.2) is 0 Å². The van der Waals surface area contributed by atoms with Gasteiger partial charge in [0, 0.05) is 6.54 Å². The number of rotatable bonds is 1. The highest BCUT2D eigenvalue weighted by atomic mass is 15.3. The highest BCUT2D eigenvalue weighted by Crippen LogP contribution is 2.17. The number of likely N-dealkylation sites (tertiary alicyclic amines) is 1. The molecule has 69 valence electrons. The minimum absolute atomic E-state index is 0.593. The van der Waals surface area contributed by atoms with Crippen LogP contribution in [-0.2, 0) is 0 Å². The first-order valence-electron chi connectivity index (χ1n) is 5.37. The van der Waals surface area contributed by atoms with Crippen LogP contribution in [0.3, 0.4) is 0 Å². The maximum Gasteiger partial charge on any atom is 0.0760 e. The van der Waals surface area contributed by atoms with E-state index in [1.165, 1.54) is 51.6 Å². The molecule has 0 aromatic rings. The third kappa shape index (κ3) is 1.99. The van der Waals surface area contributed by atoms with Crippen molar-refractivity contribution in [1.82, 2.24) is 10.2 Å². The summed E-state index contributed by atoms with van der Waals surface area (Å²) in [5, 5.41) is 4.73. The Hall–Kier alpha value is -0.0800. The van der Waals surface area contributed by atoms with Crippen molar-refractivity contribution >= 4 is 0 Å². The molecule has 1 radical (unpaired) electrons. The Bertz CT molecular complexity index is 122. The van der Waals surface area contributed by atoms with Gasteiger partial charge >= 0.3 is 0 Å². The first-order valence-corrected chi connectivity index (χ1v) is 5.37. The highest BCUT2D eigenvalue weighted by Gasteiger charge is 2.22. The minimum Gasteiger partial charge on any atom is -0.287 e. The average Bonchev–Trinajstić information content (AvgIpc) is 2.48. The van der Waals surface area contributed by atoms with E-state index in [2.05, 4.69) is 4.90 Å². The van der Waals surface area contributed by atoms with Crippen LogP contribution in [0.4, 0.5) is 0 Å². The zero-order valence-electron chi connectivity index (χ0n) is 7.84. The molecule has 0 aliphatic carbocycles. The molecule has 2 aliphatic heterocycles. The van der Waals surface area contributed by atoms with E-state index in [0.717, 1.165) is 6.54 Å². The van der Waals surface area contributed by atoms with Crippen molar-refractivity contribution in [2.45, 2.75) is 44.7 Å². The van der Waals surface area contributed by atoms with Gasteiger partial charge < -0.3 is 0 Å². The van der Waals surface area contributed by atoms with E-state index in [1.54, 1.807) is 0 Å². The molecule has 0 spiro atoms. The van der Waals surface area contributed by atoms with E-state index in [4.69, 9.17) is 5.32 Å². The van der Waals surface area contributed by atoms with Gasteiger partial charge in [-0.3, -0.25) is 4.90 Å². The number of nitrogens with zero attached hydrogens (tertiary/aromatic N) is 2. The lowest BCUT2D eigenvalue weighted by molar-refractivity contribution is 0.195. The van der Waals surface area contributed by atoms with Crippen molar-refractivity contribution < 1.29 is 0 Å². The fourth-order valence-corrected chi connectivity index (χ4v) is 2.28. The van der Waals surface area contributed by atoms with E-state index in [-0.39, 0.29) is 0 Å². The van der Waals surface area contributed by atoms with Crippen molar-refractivity contribution in [2.75, 3.05) is 19.6 Å². The Labute approximate surface area is 75.3 Å². The van der Waals surface area contributed by atoms with Crippen molar-refractivity contribution in [2.24, 2.45) is 0 Å². The molecule has 2 saturated heterocycles. The van der Waals surface area contributed by atoms with Gasteiger partial charge in [0.15, 0.2) is 0 Å². The Morgan fingerprint density at radius 3 is 2.58 bits per heavy atom. The quantitative estimate of drug-likeness (QED) is 0.579. The van der Waals surface area contributed by atoms with Gasteiger partial charge in [-0.1, -0.05) is 12.8 Å². The smallest absolute Gasteiger partial charge is 0.0760 e. The van der Waals surface area contributed by atoms with Gasteiger partial charge in [-0.05, 0) is 38.8 Å². The molecule has 1 unspecified atom stereocenters. The number of hydrogen-bond donors (Lipinski definition) is 0. The molecule has 0 aromatic heterocycles. The molecule has 2 heteroatoms. The molecule has 2 heterocycles. The molecule has 2 aliphatic rings. The summed E-state index contributed by atoms with van der Waals surface area (Å²) in [7, 11) is 0. The van der Waals surface area contributed by atoms with Gasteiger partial charge in [0.05, 0.1) is 6.17 Å². The van der Waals surface area contributed by atoms with Crippen LogP contribution in [0, 0.1) is 0 Å². The van der Waals surface area contributed by atoms with E-state index in [0.29, 0.717) is 6.17 Å². The van der Waals surface area contributed by atoms with E-state index >= 15 is 0 Å². The zero-order chi connectivity index (χ0) is 8.23. The van der Waals surface area contributed by atoms with Gasteiger partial charge in [-0.2, -0.15) is 0 Å². The number of hydrogen-bond acceptors (Lipinski definition) is 1. The second kappa shape index (κ2) is 4.24. The molecule has 2 nitrogen and oxygen atoms in total. The van der Waals surface area contributed by atoms with Gasteiger partial charge in [0.2, 0.25) is 0 Å². The van der Waals surface area contributed by atoms with Crippen LogP contribution in [0.2, 0.25) is 0 Å². The molecule has 0 saturated carbocycles. The van der Waals surface area contributed by atoms with E-state index in [1.807, 2.05) is 0 Å². The van der Waals surface area contributed by atoms with Crippen molar-refractivity contribution in [3.8, 4) is 0 Å². The molecule has 12 heavy (non-hydrogen) atoms. The third-order valence-corrected chi connectivity index (χ3v) is 3.02. The Morgan fingerprint density at radius 1 is 0.917 bits per heavy atom. The summed E-state index contributed by atoms with van der Waals surface area (Å²) in [6, 6.07) is 0. The topological polar surface area (TPSA) is 17.3 Å². The SMILES string of the molecule is C1CC[N]C(N2CCCC2)CC1. The molecule has 1 atom stereocenters. The standard InChI is InChI=1S/C10H19N2/c1-2-6-10(11-7-3-1)12-8-4-5-9-12/h10H,1-9H2. The predicted molar refractivity (Wildman–Crippen MR) is 50.1 cm³/mol. The fraction of sp³-hybridized carbons (Fsp3) is 1.00. The average molecular weight is 167 g/mol. The summed E-state index contributed by atoms with van der Waals surface area (Å²) in [5.74, 6) is 0. The Morgan fingerprint density at radius 2 is 1.75 bits per heavy atom. The van der Waals surface area contributed by atoms with Crippen LogP contribution in [-0.4, -0.2) is 30.7 Å². The zero-order valence-corrected chi connectivity index (χ0v) is 7.84. The molecular weight excluding hydrogens is 148 g/mol. The molecule has 0 amide bonds. The van der Waals surface area contributed by atoms with Gasteiger partial charge in [0.25, 0.3) is 0 Å². The normalized spacial score (nSPS) is 33.5. The molecule has 0 bridgehead atoms. The van der Waals surface area contributed by atoms with Gasteiger partial charge in [-0.15, -0.1) is 0 Å². The van der Waals surface area contributed by atoms with Crippen LogP contribution in [0.25, 0.3) is 0 Å². The fourth-order valence-electron chi connectivity index (χ4n) is 2.28. The molecule has 0 aromatic carbocycles. The third-order valence-electron chi connectivity index (χ3n) is 3.02. The lowest BCUT2D eigenvalue weighted by atomic mass is 10.2. The van der Waals surface area contributed by atoms with E-state index < -0.39 is 0 Å². The summed E-state index contributed by atoms with van der Waals surface area (Å²) >= 11 is 0. The molecule has 0 N–H and O–H groups in total. The Kier molecular flexibility index (Phi) is 3.01. The van der Waals surface area contributed by atoms with Crippen LogP contribution >= 0.6 is 0 Å². The van der Waals surface area contributed by atoms with Crippen LogP contribution in [0.5, 0.6) is 0 Å². The lowest BCUT2D eigenvalue weighted by Gasteiger charge is -2.25. The van der Waals surface area contributed by atoms with Crippen molar-refractivity contribution in [1.29, 1.82) is 0 Å². The summed E-state index contributed by atoms with van der Waals surface area (Å²) in [5.41, 5.74) is 0. The van der Waals surface area contributed by atoms with Gasteiger partial charge in [0.1, 0.15) is 0 Å². The Balaban J connectivity index is 1.83. The van der Waals surface area contributed by atoms with Crippen molar-refractivity contribution in [3.05, 3.63) is 0 Å². The molecule has 2 fully saturated rings.